The maximum absolute atomic E-state index is 2.12. The second-order valence-corrected chi connectivity index (χ2v) is 0.900. The van der Waals surface area contributed by atoms with Gasteiger partial charge in [-0.3, -0.25) is 0 Å². The molecule has 0 aromatic rings. The van der Waals surface area contributed by atoms with Gasteiger partial charge in [0.15, 0.2) is 0 Å². The Balaban J connectivity index is 2.47. The Labute approximate surface area is 26.8 Å². The summed E-state index contributed by atoms with van der Waals surface area (Å²) >= 11 is 0. The fourth-order valence-electron chi connectivity index (χ4n) is 0.136. The van der Waals surface area contributed by atoms with Crippen molar-refractivity contribution in [3.8, 4) is 0 Å². The number of hydrogen-bond acceptors (Lipinski definition) is 0. The Bertz CT molecular complexity index is 32.5. The topological polar surface area (TPSA) is 0 Å². The summed E-state index contributed by atoms with van der Waals surface area (Å²) in [6, 6.07) is 0. The molecule has 0 nitrogen and oxygen atoms in total. The molecule has 0 bridgehead atoms. The Morgan fingerprint density at radius 1 is 1.75 bits per heavy atom. The molecule has 0 amide bonds. The van der Waals surface area contributed by atoms with Crippen molar-refractivity contribution in [1.29, 1.82) is 0 Å². The second-order valence-electron chi connectivity index (χ2n) is 0.900. The molecule has 1 heterocycles. The van der Waals surface area contributed by atoms with E-state index in [9.17, 15) is 0 Å². The molecule has 0 spiro atoms. The molecule has 0 fully saturated rings. The van der Waals surface area contributed by atoms with Crippen molar-refractivity contribution in [3.63, 3.8) is 0 Å². The molecule has 0 atom stereocenters. The van der Waals surface area contributed by atoms with Crippen molar-refractivity contribution in [1.82, 2.24) is 0 Å². The minimum Gasteiger partial charge on any atom is -0.127 e. The quantitative estimate of drug-likeness (QED) is 0.354. The molecule has 0 aromatic carbocycles. The molecule has 1 heteroatoms. The van der Waals surface area contributed by atoms with E-state index < -0.39 is 0 Å². The third-order valence-corrected chi connectivity index (χ3v) is 0.544. The van der Waals surface area contributed by atoms with Crippen LogP contribution in [0.5, 0.6) is 0 Å². The minimum absolute atomic E-state index is 1.19. The highest BCUT2D eigenvalue weighted by molar-refractivity contribution is 6.46. The average Bonchev–Trinajstić information content (AvgIpc) is 0.722. The lowest BCUT2D eigenvalue weighted by atomic mass is 9.66. The summed E-state index contributed by atoms with van der Waals surface area (Å²) < 4.78 is 0. The molecule has 1 aliphatic heterocycles. The summed E-state index contributed by atoms with van der Waals surface area (Å²) in [7, 11) is 2.12. The summed E-state index contributed by atoms with van der Waals surface area (Å²) in [4.78, 5) is 0. The lowest BCUT2D eigenvalue weighted by Crippen LogP contribution is -1.87. The second kappa shape index (κ2) is 0.631. The summed E-state index contributed by atoms with van der Waals surface area (Å²) in [5.74, 6) is 2.06. The van der Waals surface area contributed by atoms with E-state index in [4.69, 9.17) is 0 Å². The van der Waals surface area contributed by atoms with Crippen LogP contribution < -0.4 is 0 Å². The molecule has 0 unspecified atom stereocenters. The van der Waals surface area contributed by atoms with E-state index >= 15 is 0 Å². The maximum atomic E-state index is 2.12. The van der Waals surface area contributed by atoms with Crippen molar-refractivity contribution in [2.75, 3.05) is 0 Å². The molecule has 0 aliphatic carbocycles. The molecule has 0 saturated heterocycles. The number of hydrogen-bond donors (Lipinski definition) is 0. The fraction of sp³-hybridized carbons (Fsp3) is 0.333. The lowest BCUT2D eigenvalue weighted by Gasteiger charge is -1.89. The van der Waals surface area contributed by atoms with Crippen LogP contribution in [-0.2, 0) is 0 Å². The van der Waals surface area contributed by atoms with Crippen LogP contribution in [0.1, 0.15) is 0 Å². The number of rotatable bonds is 0. The number of allylic oxidation sites excluding steroid dienone is 1. The summed E-state index contributed by atoms with van der Waals surface area (Å²) in [5.41, 5.74) is 0. The lowest BCUT2D eigenvalue weighted by molar-refractivity contribution is 1.64. The van der Waals surface area contributed by atoms with Gasteiger partial charge in [-0.25, -0.2) is 0 Å². The molecular weight excluding hydrogens is 46.8 g/mol. The largest absolute Gasteiger partial charge is 0.144 e. The standard InChI is InChI=1S/C3H4B/c1-2-4-3-1/h1-2H,3H2. The van der Waals surface area contributed by atoms with Crippen LogP contribution in [0.25, 0.3) is 0 Å². The van der Waals surface area contributed by atoms with Gasteiger partial charge in [-0.15, -0.1) is 12.1 Å². The van der Waals surface area contributed by atoms with Crippen molar-refractivity contribution >= 4 is 7.28 Å². The zero-order valence-electron chi connectivity index (χ0n) is 2.44. The molecule has 1 rings (SSSR count). The molecule has 0 N–H and O–H groups in total. The summed E-state index contributed by atoms with van der Waals surface area (Å²) in [6.07, 6.45) is 3.32. The predicted molar refractivity (Wildman–Crippen MR) is 19.7 cm³/mol. The van der Waals surface area contributed by atoms with Crippen LogP contribution >= 0.6 is 0 Å². The Kier molecular flexibility index (Phi) is 0.326. The molecule has 1 radical (unpaired) electrons. The molecule has 0 aromatic heterocycles. The van der Waals surface area contributed by atoms with Crippen molar-refractivity contribution in [2.24, 2.45) is 0 Å². The van der Waals surface area contributed by atoms with Crippen LogP contribution in [0.15, 0.2) is 12.1 Å². The van der Waals surface area contributed by atoms with E-state index in [-0.39, 0.29) is 0 Å². The van der Waals surface area contributed by atoms with Gasteiger partial charge >= 0.3 is 0 Å². The molecule has 4 heavy (non-hydrogen) atoms. The highest BCUT2D eigenvalue weighted by Crippen LogP contribution is 1.91. The zero-order chi connectivity index (χ0) is 2.83. The Morgan fingerprint density at radius 3 is 2.00 bits per heavy atom. The average molecular weight is 50.9 g/mol. The van der Waals surface area contributed by atoms with Crippen LogP contribution in [-0.4, -0.2) is 7.28 Å². The fourth-order valence-corrected chi connectivity index (χ4v) is 0.136. The monoisotopic (exact) mass is 51.0 g/mol. The van der Waals surface area contributed by atoms with Crippen LogP contribution in [0.3, 0.4) is 0 Å². The smallest absolute Gasteiger partial charge is 0.127 e. The predicted octanol–water partition coefficient (Wildman–Crippen LogP) is 0.636. The first-order chi connectivity index (χ1) is 2.00. The van der Waals surface area contributed by atoms with Gasteiger partial charge in [0.1, 0.15) is 7.28 Å². The third kappa shape index (κ3) is 0.0808. The highest BCUT2D eigenvalue weighted by atomic mass is 13.6. The van der Waals surface area contributed by atoms with Crippen LogP contribution in [0, 0.1) is 0 Å². The third-order valence-electron chi connectivity index (χ3n) is 0.544. The SMILES string of the molecule is [B]1C=CC1. The van der Waals surface area contributed by atoms with Gasteiger partial charge in [0.25, 0.3) is 0 Å². The van der Waals surface area contributed by atoms with Gasteiger partial charge in [0.2, 0.25) is 0 Å². The first-order valence-electron chi connectivity index (χ1n) is 1.48. The normalized spacial score (nSPS) is 18.0. The van der Waals surface area contributed by atoms with Crippen LogP contribution in [0.4, 0.5) is 0 Å². The van der Waals surface area contributed by atoms with Gasteiger partial charge in [-0.2, -0.15) is 0 Å². The van der Waals surface area contributed by atoms with E-state index in [2.05, 4.69) is 19.3 Å². The van der Waals surface area contributed by atoms with E-state index in [0.717, 1.165) is 0 Å². The first kappa shape index (κ1) is 2.07. The van der Waals surface area contributed by atoms with Gasteiger partial charge < -0.3 is 0 Å². The van der Waals surface area contributed by atoms with Gasteiger partial charge in [-0.05, 0) is 0 Å². The summed E-state index contributed by atoms with van der Waals surface area (Å²) in [6.45, 7) is 0. The molecule has 1 aliphatic rings. The van der Waals surface area contributed by atoms with Crippen molar-refractivity contribution < 1.29 is 0 Å². The minimum atomic E-state index is 1.19. The van der Waals surface area contributed by atoms with Gasteiger partial charge in [-0.1, -0.05) is 6.32 Å². The van der Waals surface area contributed by atoms with Crippen molar-refractivity contribution in [2.45, 2.75) is 6.32 Å². The van der Waals surface area contributed by atoms with E-state index in [1.807, 2.05) is 0 Å². The van der Waals surface area contributed by atoms with E-state index in [1.54, 1.807) is 0 Å². The Morgan fingerprint density at radius 2 is 2.00 bits per heavy atom. The van der Waals surface area contributed by atoms with Gasteiger partial charge in [0.05, 0.1) is 0 Å². The van der Waals surface area contributed by atoms with E-state index in [0.29, 0.717) is 0 Å². The van der Waals surface area contributed by atoms with Crippen molar-refractivity contribution in [3.05, 3.63) is 12.1 Å². The molecular formula is C3H4B. The summed E-state index contributed by atoms with van der Waals surface area (Å²) in [5, 5.41) is 0. The highest BCUT2D eigenvalue weighted by Gasteiger charge is 1.85. The molecule has 19 valence electrons. The molecule has 0 saturated carbocycles. The van der Waals surface area contributed by atoms with Gasteiger partial charge in [0, 0.05) is 0 Å². The first-order valence-corrected chi connectivity index (χ1v) is 1.48. The zero-order valence-corrected chi connectivity index (χ0v) is 2.44. The Hall–Kier alpha value is -0.195. The maximum Gasteiger partial charge on any atom is 0.144 e. The van der Waals surface area contributed by atoms with E-state index in [1.165, 1.54) is 6.32 Å². The van der Waals surface area contributed by atoms with Crippen LogP contribution in [0.2, 0.25) is 6.32 Å².